The number of hydrogen-bond donors (Lipinski definition) is 0. The predicted molar refractivity (Wildman–Crippen MR) is 74.3 cm³/mol. The van der Waals surface area contributed by atoms with Crippen LogP contribution < -0.4 is 0 Å². The van der Waals surface area contributed by atoms with Crippen molar-refractivity contribution in [1.82, 2.24) is 0 Å². The molecule has 0 bridgehead atoms. The highest BCUT2D eigenvalue weighted by atomic mass is 79.9. The monoisotopic (exact) mass is 370 g/mol. The summed E-state index contributed by atoms with van der Waals surface area (Å²) in [6.07, 6.45) is -2.70. The van der Waals surface area contributed by atoms with Gasteiger partial charge in [-0.2, -0.15) is 13.2 Å². The van der Waals surface area contributed by atoms with Crippen LogP contribution >= 0.6 is 15.9 Å². The van der Waals surface area contributed by atoms with Crippen molar-refractivity contribution in [3.05, 3.63) is 35.4 Å². The summed E-state index contributed by atoms with van der Waals surface area (Å²) in [5, 5.41) is 0. The lowest BCUT2D eigenvalue weighted by Crippen LogP contribution is -2.31. The third kappa shape index (κ3) is 4.18. The number of alkyl halides is 4. The van der Waals surface area contributed by atoms with Gasteiger partial charge in [0.15, 0.2) is 11.6 Å². The minimum absolute atomic E-state index is 0.0614. The van der Waals surface area contributed by atoms with E-state index >= 15 is 0 Å². The number of benzene rings is 1. The van der Waals surface area contributed by atoms with Gasteiger partial charge >= 0.3 is 6.18 Å². The maximum absolute atomic E-state index is 13.6. The van der Waals surface area contributed by atoms with Gasteiger partial charge in [0.25, 0.3) is 0 Å². The van der Waals surface area contributed by atoms with Crippen LogP contribution in [0.25, 0.3) is 0 Å². The van der Waals surface area contributed by atoms with E-state index in [1.807, 2.05) is 0 Å². The van der Waals surface area contributed by atoms with Gasteiger partial charge in [0.1, 0.15) is 0 Å². The molecule has 6 heteroatoms. The molecular formula is C15H16BrF5. The highest BCUT2D eigenvalue weighted by Crippen LogP contribution is 2.42. The fraction of sp³-hybridized carbons (Fsp3) is 0.600. The van der Waals surface area contributed by atoms with Crippen molar-refractivity contribution in [3.63, 3.8) is 0 Å². The van der Waals surface area contributed by atoms with Crippen LogP contribution in [0.15, 0.2) is 18.2 Å². The Morgan fingerprint density at radius 1 is 1.10 bits per heavy atom. The molecule has 0 nitrogen and oxygen atoms in total. The standard InChI is InChI=1S/C15H16BrF5/c16-12(8-10-2-1-3-13(17)14(10)18)9-4-6-11(7-5-9)15(19,20)21/h1-3,9,11-12H,4-8H2. The van der Waals surface area contributed by atoms with Crippen molar-refractivity contribution in [2.24, 2.45) is 11.8 Å². The van der Waals surface area contributed by atoms with Crippen LogP contribution in [0.5, 0.6) is 0 Å². The van der Waals surface area contributed by atoms with Gasteiger partial charge < -0.3 is 0 Å². The Morgan fingerprint density at radius 2 is 1.71 bits per heavy atom. The summed E-state index contributed by atoms with van der Waals surface area (Å²) in [5.41, 5.74) is 0.259. The van der Waals surface area contributed by atoms with Crippen LogP contribution in [0.1, 0.15) is 31.2 Å². The summed E-state index contributed by atoms with van der Waals surface area (Å²) in [5.74, 6) is -2.93. The quantitative estimate of drug-likeness (QED) is 0.477. The van der Waals surface area contributed by atoms with Crippen molar-refractivity contribution in [1.29, 1.82) is 0 Å². The highest BCUT2D eigenvalue weighted by molar-refractivity contribution is 9.09. The molecule has 1 aliphatic rings. The van der Waals surface area contributed by atoms with Crippen molar-refractivity contribution < 1.29 is 22.0 Å². The molecule has 1 saturated carbocycles. The van der Waals surface area contributed by atoms with Crippen LogP contribution in [0, 0.1) is 23.5 Å². The molecule has 2 rings (SSSR count). The van der Waals surface area contributed by atoms with Gasteiger partial charge in [0, 0.05) is 4.83 Å². The molecule has 0 radical (unpaired) electrons. The van der Waals surface area contributed by atoms with Gasteiger partial charge in [-0.05, 0) is 49.7 Å². The molecule has 0 heterocycles. The van der Waals surface area contributed by atoms with Gasteiger partial charge in [0.05, 0.1) is 5.92 Å². The van der Waals surface area contributed by atoms with E-state index in [0.29, 0.717) is 12.8 Å². The Morgan fingerprint density at radius 3 is 2.29 bits per heavy atom. The molecular weight excluding hydrogens is 355 g/mol. The summed E-state index contributed by atoms with van der Waals surface area (Å²) < 4.78 is 64.6. The molecule has 21 heavy (non-hydrogen) atoms. The zero-order chi connectivity index (χ0) is 15.6. The average Bonchev–Trinajstić information content (AvgIpc) is 2.43. The van der Waals surface area contributed by atoms with Gasteiger partial charge in [-0.15, -0.1) is 0 Å². The molecule has 0 aromatic heterocycles. The van der Waals surface area contributed by atoms with Gasteiger partial charge in [-0.3, -0.25) is 0 Å². The molecule has 1 fully saturated rings. The first kappa shape index (κ1) is 16.7. The van der Waals surface area contributed by atoms with E-state index in [4.69, 9.17) is 0 Å². The van der Waals surface area contributed by atoms with E-state index in [0.717, 1.165) is 6.07 Å². The Labute approximate surface area is 128 Å². The smallest absolute Gasteiger partial charge is 0.204 e. The highest BCUT2D eigenvalue weighted by Gasteiger charge is 2.42. The zero-order valence-corrected chi connectivity index (χ0v) is 12.9. The lowest BCUT2D eigenvalue weighted by molar-refractivity contribution is -0.183. The number of halogens is 6. The fourth-order valence-corrected chi connectivity index (χ4v) is 3.77. The first-order chi connectivity index (χ1) is 9.79. The SMILES string of the molecule is Fc1cccc(CC(Br)C2CCC(C(F)(F)F)CC2)c1F. The molecule has 0 aliphatic heterocycles. The fourth-order valence-electron chi connectivity index (χ4n) is 2.89. The molecule has 1 atom stereocenters. The van der Waals surface area contributed by atoms with Crippen LogP contribution in [-0.2, 0) is 6.42 Å². The molecule has 0 amide bonds. The number of rotatable bonds is 3. The summed E-state index contributed by atoms with van der Waals surface area (Å²) in [4.78, 5) is -0.136. The maximum atomic E-state index is 13.6. The molecule has 0 N–H and O–H groups in total. The largest absolute Gasteiger partial charge is 0.391 e. The molecule has 0 spiro atoms. The van der Waals surface area contributed by atoms with Gasteiger partial charge in [0.2, 0.25) is 0 Å². The normalized spacial score (nSPS) is 24.9. The van der Waals surface area contributed by atoms with Gasteiger partial charge in [-0.1, -0.05) is 28.1 Å². The van der Waals surface area contributed by atoms with Crippen LogP contribution in [0.3, 0.4) is 0 Å². The molecule has 1 aliphatic carbocycles. The van der Waals surface area contributed by atoms with E-state index in [-0.39, 0.29) is 35.6 Å². The Hall–Kier alpha value is -0.650. The van der Waals surface area contributed by atoms with Gasteiger partial charge in [-0.25, -0.2) is 8.78 Å². The summed E-state index contributed by atoms with van der Waals surface area (Å²) in [6.45, 7) is 0. The van der Waals surface area contributed by atoms with E-state index in [1.54, 1.807) is 0 Å². The minimum Gasteiger partial charge on any atom is -0.204 e. The Kier molecular flexibility index (Phi) is 5.28. The second kappa shape index (κ2) is 6.63. The first-order valence-electron chi connectivity index (χ1n) is 6.92. The predicted octanol–water partition coefficient (Wildman–Crippen LogP) is 5.64. The summed E-state index contributed by atoms with van der Waals surface area (Å²) in [6, 6.07) is 4.00. The second-order valence-electron chi connectivity index (χ2n) is 5.59. The summed E-state index contributed by atoms with van der Waals surface area (Å²) >= 11 is 3.43. The average molecular weight is 371 g/mol. The third-order valence-corrected chi connectivity index (χ3v) is 5.26. The van der Waals surface area contributed by atoms with E-state index in [1.165, 1.54) is 12.1 Å². The summed E-state index contributed by atoms with van der Waals surface area (Å²) in [7, 11) is 0. The van der Waals surface area contributed by atoms with Crippen molar-refractivity contribution in [2.45, 2.75) is 43.1 Å². The third-order valence-electron chi connectivity index (χ3n) is 4.19. The van der Waals surface area contributed by atoms with Crippen LogP contribution in [0.4, 0.5) is 22.0 Å². The molecule has 1 unspecified atom stereocenters. The first-order valence-corrected chi connectivity index (χ1v) is 7.84. The van der Waals surface area contributed by atoms with E-state index < -0.39 is 23.7 Å². The molecule has 118 valence electrons. The molecule has 1 aromatic rings. The van der Waals surface area contributed by atoms with Crippen molar-refractivity contribution >= 4 is 15.9 Å². The zero-order valence-electron chi connectivity index (χ0n) is 11.3. The van der Waals surface area contributed by atoms with E-state index in [2.05, 4.69) is 15.9 Å². The molecule has 1 aromatic carbocycles. The number of hydrogen-bond acceptors (Lipinski definition) is 0. The minimum atomic E-state index is -4.12. The lowest BCUT2D eigenvalue weighted by atomic mass is 9.79. The Bertz CT molecular complexity index is 477. The van der Waals surface area contributed by atoms with Crippen molar-refractivity contribution in [3.8, 4) is 0 Å². The second-order valence-corrected chi connectivity index (χ2v) is 6.76. The maximum Gasteiger partial charge on any atom is 0.391 e. The van der Waals surface area contributed by atoms with E-state index in [9.17, 15) is 22.0 Å². The topological polar surface area (TPSA) is 0 Å². The lowest BCUT2D eigenvalue weighted by Gasteiger charge is -2.32. The van der Waals surface area contributed by atoms with Crippen LogP contribution in [-0.4, -0.2) is 11.0 Å². The Balaban J connectivity index is 1.93. The van der Waals surface area contributed by atoms with Crippen molar-refractivity contribution in [2.75, 3.05) is 0 Å². The van der Waals surface area contributed by atoms with Crippen LogP contribution in [0.2, 0.25) is 0 Å². The molecule has 0 saturated heterocycles.